The topological polar surface area (TPSA) is 116 Å². The molecule has 0 radical (unpaired) electrons. The van der Waals surface area contributed by atoms with Crippen LogP contribution in [0.1, 0.15) is 0 Å². The van der Waals surface area contributed by atoms with Crippen LogP contribution in [0.4, 0.5) is 16.2 Å². The number of amides is 2. The summed E-state index contributed by atoms with van der Waals surface area (Å²) >= 11 is 0. The van der Waals surface area contributed by atoms with Crippen molar-refractivity contribution in [3.05, 3.63) is 78.9 Å². The second-order valence-corrected chi connectivity index (χ2v) is 6.78. The van der Waals surface area contributed by atoms with Gasteiger partial charge in [0.2, 0.25) is 0 Å². The van der Waals surface area contributed by atoms with Gasteiger partial charge in [-0.15, -0.1) is 0 Å². The van der Waals surface area contributed by atoms with Crippen LogP contribution in [-0.4, -0.2) is 14.4 Å². The monoisotopic (exact) mass is 383 g/mol. The Morgan fingerprint density at radius 3 is 2.04 bits per heavy atom. The lowest BCUT2D eigenvalue weighted by Gasteiger charge is -2.23. The number of benzene rings is 3. The van der Waals surface area contributed by atoms with Crippen molar-refractivity contribution in [1.82, 2.24) is 0 Å². The highest BCUT2D eigenvalue weighted by Crippen LogP contribution is 2.35. The molecule has 27 heavy (non-hydrogen) atoms. The van der Waals surface area contributed by atoms with Crippen LogP contribution in [-0.2, 0) is 10.3 Å². The Bertz CT molecular complexity index is 1050. The van der Waals surface area contributed by atoms with E-state index in [-0.39, 0.29) is 5.75 Å². The van der Waals surface area contributed by atoms with Crippen LogP contribution in [0.3, 0.4) is 0 Å². The molecular weight excluding hydrogens is 366 g/mol. The van der Waals surface area contributed by atoms with Crippen LogP contribution in [0.15, 0.2) is 78.9 Å². The summed E-state index contributed by atoms with van der Waals surface area (Å²) in [6.45, 7) is 0. The zero-order valence-corrected chi connectivity index (χ0v) is 15.0. The second-order valence-electron chi connectivity index (χ2n) is 5.63. The maximum absolute atomic E-state index is 12.2. The van der Waals surface area contributed by atoms with Crippen molar-refractivity contribution in [1.29, 1.82) is 0 Å². The van der Waals surface area contributed by atoms with Gasteiger partial charge in [0.25, 0.3) is 0 Å². The van der Waals surface area contributed by atoms with Crippen LogP contribution in [0, 0.1) is 0 Å². The Hall–Kier alpha value is -3.36. The molecule has 3 aromatic rings. The summed E-state index contributed by atoms with van der Waals surface area (Å²) in [5.41, 5.74) is 8.42. The number of anilines is 2. The molecule has 0 fully saturated rings. The van der Waals surface area contributed by atoms with E-state index in [1.54, 1.807) is 12.1 Å². The maximum Gasteiger partial charge on any atom is 0.380 e. The number of urea groups is 1. The summed E-state index contributed by atoms with van der Waals surface area (Å²) in [5.74, 6) is 0.0296. The van der Waals surface area contributed by atoms with Gasteiger partial charge in [-0.05, 0) is 35.9 Å². The number of para-hydroxylation sites is 1. The van der Waals surface area contributed by atoms with Gasteiger partial charge >= 0.3 is 16.3 Å². The highest BCUT2D eigenvalue weighted by atomic mass is 32.2. The molecule has 0 aliphatic rings. The molecule has 0 spiro atoms. The third-order valence-corrected chi connectivity index (χ3v) is 4.18. The van der Waals surface area contributed by atoms with E-state index in [1.807, 2.05) is 42.5 Å². The quantitative estimate of drug-likeness (QED) is 0.704. The zero-order chi connectivity index (χ0) is 19.4. The molecule has 7 nitrogen and oxygen atoms in total. The fourth-order valence-electron chi connectivity index (χ4n) is 2.70. The maximum atomic E-state index is 12.2. The molecule has 0 heterocycles. The highest BCUT2D eigenvalue weighted by molar-refractivity contribution is 7.84. The molecular formula is C19H17N3O4S. The molecule has 0 aliphatic carbocycles. The standard InChI is InChI=1S/C19H17N3O4S/c20-19(23)22(15-10-12-16(13-11-15)26-27(21,24)25)18-9-5-4-8-17(18)14-6-2-1-3-7-14/h1-13H,(H2,20,23)(H2,21,24,25). The highest BCUT2D eigenvalue weighted by Gasteiger charge is 2.19. The van der Waals surface area contributed by atoms with Crippen LogP contribution in [0.2, 0.25) is 0 Å². The Morgan fingerprint density at radius 1 is 0.852 bits per heavy atom. The normalized spacial score (nSPS) is 11.0. The number of hydrogen-bond acceptors (Lipinski definition) is 4. The summed E-state index contributed by atoms with van der Waals surface area (Å²) in [4.78, 5) is 13.5. The lowest BCUT2D eigenvalue weighted by atomic mass is 10.0. The van der Waals surface area contributed by atoms with E-state index < -0.39 is 16.3 Å². The van der Waals surface area contributed by atoms with Gasteiger partial charge < -0.3 is 9.92 Å². The van der Waals surface area contributed by atoms with Crippen LogP contribution in [0.5, 0.6) is 5.75 Å². The number of nitrogens with zero attached hydrogens (tertiary/aromatic N) is 1. The van der Waals surface area contributed by atoms with Crippen LogP contribution >= 0.6 is 0 Å². The lowest BCUT2D eigenvalue weighted by Crippen LogP contribution is -2.31. The molecule has 0 saturated carbocycles. The number of hydrogen-bond donors (Lipinski definition) is 2. The molecule has 0 unspecified atom stereocenters. The number of primary amides is 1. The summed E-state index contributed by atoms with van der Waals surface area (Å²) in [7, 11) is -4.13. The molecule has 0 bridgehead atoms. The number of carbonyl (C=O) groups excluding carboxylic acids is 1. The van der Waals surface area contributed by atoms with Gasteiger partial charge in [0.1, 0.15) is 5.75 Å². The molecule has 138 valence electrons. The fraction of sp³-hybridized carbons (Fsp3) is 0. The first kappa shape index (κ1) is 18.4. The molecule has 8 heteroatoms. The summed E-state index contributed by atoms with van der Waals surface area (Å²) < 4.78 is 26.7. The number of carbonyl (C=O) groups is 1. The van der Waals surface area contributed by atoms with Crippen molar-refractivity contribution in [2.75, 3.05) is 4.90 Å². The lowest BCUT2D eigenvalue weighted by molar-refractivity contribution is 0.256. The Labute approximate surface area is 157 Å². The van der Waals surface area contributed by atoms with Gasteiger partial charge in [-0.25, -0.2) is 4.79 Å². The summed E-state index contributed by atoms with van der Waals surface area (Å²) in [6.07, 6.45) is 0. The SMILES string of the molecule is NC(=O)N(c1ccc(OS(N)(=O)=O)cc1)c1ccccc1-c1ccccc1. The van der Waals surface area contributed by atoms with Gasteiger partial charge in [-0.1, -0.05) is 48.5 Å². The van der Waals surface area contributed by atoms with Crippen molar-refractivity contribution in [2.45, 2.75) is 0 Å². The molecule has 0 atom stereocenters. The van der Waals surface area contributed by atoms with Gasteiger partial charge in [0, 0.05) is 5.56 Å². The predicted octanol–water partition coefficient (Wildman–Crippen LogP) is 3.15. The van der Waals surface area contributed by atoms with E-state index in [1.165, 1.54) is 29.2 Å². The average Bonchev–Trinajstić information content (AvgIpc) is 2.63. The first-order valence-corrected chi connectivity index (χ1v) is 9.38. The van der Waals surface area contributed by atoms with E-state index in [0.717, 1.165) is 11.1 Å². The van der Waals surface area contributed by atoms with Crippen molar-refractivity contribution in [3.63, 3.8) is 0 Å². The first-order valence-electron chi connectivity index (χ1n) is 7.91. The molecule has 3 rings (SSSR count). The van der Waals surface area contributed by atoms with Gasteiger partial charge in [0.15, 0.2) is 0 Å². The van der Waals surface area contributed by atoms with E-state index in [4.69, 9.17) is 10.9 Å². The Morgan fingerprint density at radius 2 is 1.44 bits per heavy atom. The third-order valence-electron chi connectivity index (χ3n) is 3.76. The minimum absolute atomic E-state index is 0.0296. The van der Waals surface area contributed by atoms with E-state index in [9.17, 15) is 13.2 Å². The number of nitrogens with two attached hydrogens (primary N) is 2. The smallest absolute Gasteiger partial charge is 0.371 e. The molecule has 0 aromatic heterocycles. The van der Waals surface area contributed by atoms with Crippen molar-refractivity contribution < 1.29 is 17.4 Å². The van der Waals surface area contributed by atoms with E-state index in [0.29, 0.717) is 11.4 Å². The van der Waals surface area contributed by atoms with Crippen molar-refractivity contribution in [3.8, 4) is 16.9 Å². The van der Waals surface area contributed by atoms with Gasteiger partial charge in [-0.3, -0.25) is 4.90 Å². The summed E-state index contributed by atoms with van der Waals surface area (Å²) in [5, 5.41) is 4.85. The van der Waals surface area contributed by atoms with E-state index >= 15 is 0 Å². The van der Waals surface area contributed by atoms with E-state index in [2.05, 4.69) is 4.18 Å². The molecule has 2 amide bonds. The third kappa shape index (κ3) is 4.43. The van der Waals surface area contributed by atoms with Gasteiger partial charge in [-0.2, -0.15) is 13.6 Å². The van der Waals surface area contributed by atoms with Crippen molar-refractivity contribution in [2.24, 2.45) is 10.9 Å². The van der Waals surface area contributed by atoms with Crippen molar-refractivity contribution >= 4 is 27.7 Å². The zero-order valence-electron chi connectivity index (χ0n) is 14.1. The summed E-state index contributed by atoms with van der Waals surface area (Å²) in [6, 6.07) is 22.1. The van der Waals surface area contributed by atoms with Crippen LogP contribution in [0.25, 0.3) is 11.1 Å². The first-order chi connectivity index (χ1) is 12.8. The predicted molar refractivity (Wildman–Crippen MR) is 104 cm³/mol. The minimum atomic E-state index is -4.13. The second kappa shape index (κ2) is 7.48. The largest absolute Gasteiger partial charge is 0.380 e. The van der Waals surface area contributed by atoms with Crippen LogP contribution < -0.4 is 20.0 Å². The Balaban J connectivity index is 2.04. The van der Waals surface area contributed by atoms with Gasteiger partial charge in [0.05, 0.1) is 11.4 Å². The molecule has 0 saturated heterocycles. The average molecular weight is 383 g/mol. The number of rotatable bonds is 5. The Kier molecular flexibility index (Phi) is 5.11. The molecule has 0 aliphatic heterocycles. The molecule has 4 N–H and O–H groups in total. The fourth-order valence-corrected chi connectivity index (χ4v) is 3.08. The minimum Gasteiger partial charge on any atom is -0.371 e. The molecule has 3 aromatic carbocycles.